The van der Waals surface area contributed by atoms with Crippen molar-refractivity contribution in [2.24, 2.45) is 11.7 Å². The minimum absolute atomic E-state index is 0.687. The Hall–Kier alpha value is -0.770. The Balaban J connectivity index is 1.92. The summed E-state index contributed by atoms with van der Waals surface area (Å²) in [4.78, 5) is 2.46. The SMILES string of the molecule is COc1ccc(CN2CCC(CN)CC2)cc1Cl. The van der Waals surface area contributed by atoms with E-state index in [0.717, 1.165) is 31.9 Å². The second-order valence-electron chi connectivity index (χ2n) is 4.92. The Bertz CT molecular complexity index is 389. The first kappa shape index (κ1) is 13.7. The van der Waals surface area contributed by atoms with Crippen molar-refractivity contribution < 1.29 is 4.74 Å². The predicted molar refractivity (Wildman–Crippen MR) is 75.1 cm³/mol. The molecule has 0 spiro atoms. The molecular weight excluding hydrogens is 248 g/mol. The monoisotopic (exact) mass is 268 g/mol. The van der Waals surface area contributed by atoms with E-state index in [4.69, 9.17) is 22.1 Å². The van der Waals surface area contributed by atoms with E-state index in [1.54, 1.807) is 7.11 Å². The van der Waals surface area contributed by atoms with E-state index in [2.05, 4.69) is 11.0 Å². The molecule has 1 aliphatic rings. The summed E-state index contributed by atoms with van der Waals surface area (Å²) in [5, 5.41) is 0.687. The molecule has 18 heavy (non-hydrogen) atoms. The van der Waals surface area contributed by atoms with Gasteiger partial charge in [-0.05, 0) is 56.1 Å². The molecule has 0 radical (unpaired) electrons. The smallest absolute Gasteiger partial charge is 0.137 e. The van der Waals surface area contributed by atoms with E-state index in [9.17, 15) is 0 Å². The van der Waals surface area contributed by atoms with E-state index < -0.39 is 0 Å². The molecule has 3 nitrogen and oxygen atoms in total. The molecule has 0 aliphatic carbocycles. The molecule has 0 amide bonds. The third kappa shape index (κ3) is 3.37. The van der Waals surface area contributed by atoms with E-state index in [-0.39, 0.29) is 0 Å². The van der Waals surface area contributed by atoms with Crippen LogP contribution in [0.3, 0.4) is 0 Å². The molecule has 1 aromatic carbocycles. The van der Waals surface area contributed by atoms with Crippen molar-refractivity contribution in [3.63, 3.8) is 0 Å². The molecule has 1 aliphatic heterocycles. The average Bonchev–Trinajstić information content (AvgIpc) is 2.40. The van der Waals surface area contributed by atoms with Crippen molar-refractivity contribution in [3.8, 4) is 5.75 Å². The molecule has 1 aromatic rings. The largest absolute Gasteiger partial charge is 0.495 e. The summed E-state index contributed by atoms with van der Waals surface area (Å²) in [6.07, 6.45) is 2.42. The van der Waals surface area contributed by atoms with Crippen LogP contribution < -0.4 is 10.5 Å². The van der Waals surface area contributed by atoms with Crippen molar-refractivity contribution in [1.29, 1.82) is 0 Å². The third-order valence-electron chi connectivity index (χ3n) is 3.66. The first-order valence-electron chi connectivity index (χ1n) is 6.47. The van der Waals surface area contributed by atoms with Crippen molar-refractivity contribution in [2.75, 3.05) is 26.7 Å². The minimum Gasteiger partial charge on any atom is -0.495 e. The van der Waals surface area contributed by atoms with Gasteiger partial charge in [-0.25, -0.2) is 0 Å². The van der Waals surface area contributed by atoms with Gasteiger partial charge in [-0.2, -0.15) is 0 Å². The molecule has 0 bridgehead atoms. The lowest BCUT2D eigenvalue weighted by Crippen LogP contribution is -2.35. The molecule has 1 fully saturated rings. The van der Waals surface area contributed by atoms with Crippen molar-refractivity contribution in [2.45, 2.75) is 19.4 Å². The van der Waals surface area contributed by atoms with Gasteiger partial charge in [-0.15, -0.1) is 0 Å². The number of benzene rings is 1. The van der Waals surface area contributed by atoms with Gasteiger partial charge < -0.3 is 10.5 Å². The van der Waals surface area contributed by atoms with Crippen LogP contribution in [-0.2, 0) is 6.54 Å². The average molecular weight is 269 g/mol. The van der Waals surface area contributed by atoms with Crippen LogP contribution in [0.4, 0.5) is 0 Å². The van der Waals surface area contributed by atoms with E-state index in [1.807, 2.05) is 12.1 Å². The van der Waals surface area contributed by atoms with Crippen LogP contribution in [0.15, 0.2) is 18.2 Å². The Morgan fingerprint density at radius 2 is 2.11 bits per heavy atom. The van der Waals surface area contributed by atoms with Gasteiger partial charge in [0.15, 0.2) is 0 Å². The van der Waals surface area contributed by atoms with Gasteiger partial charge >= 0.3 is 0 Å². The van der Waals surface area contributed by atoms with Crippen molar-refractivity contribution in [1.82, 2.24) is 4.90 Å². The molecule has 1 saturated heterocycles. The molecule has 4 heteroatoms. The van der Waals surface area contributed by atoms with Gasteiger partial charge in [-0.1, -0.05) is 17.7 Å². The lowest BCUT2D eigenvalue weighted by molar-refractivity contribution is 0.180. The molecule has 0 aromatic heterocycles. The summed E-state index contributed by atoms with van der Waals surface area (Å²) < 4.78 is 5.16. The van der Waals surface area contributed by atoms with Gasteiger partial charge in [0.25, 0.3) is 0 Å². The number of rotatable bonds is 4. The zero-order valence-corrected chi connectivity index (χ0v) is 11.6. The highest BCUT2D eigenvalue weighted by molar-refractivity contribution is 6.32. The number of ether oxygens (including phenoxy) is 1. The first-order valence-corrected chi connectivity index (χ1v) is 6.85. The van der Waals surface area contributed by atoms with Crippen LogP contribution in [0.5, 0.6) is 5.75 Å². The standard InChI is InChI=1S/C14H21ClN2O/c1-18-14-3-2-12(8-13(14)15)10-17-6-4-11(9-16)5-7-17/h2-3,8,11H,4-7,9-10,16H2,1H3. The quantitative estimate of drug-likeness (QED) is 0.912. The Kier molecular flexibility index (Phi) is 4.87. The number of piperidine rings is 1. The fraction of sp³-hybridized carbons (Fsp3) is 0.571. The molecule has 0 saturated carbocycles. The Morgan fingerprint density at radius 3 is 2.67 bits per heavy atom. The number of hydrogen-bond donors (Lipinski definition) is 1. The third-order valence-corrected chi connectivity index (χ3v) is 3.96. The molecule has 1 heterocycles. The number of methoxy groups -OCH3 is 1. The van der Waals surface area contributed by atoms with Crippen LogP contribution in [0.2, 0.25) is 5.02 Å². The highest BCUT2D eigenvalue weighted by Crippen LogP contribution is 2.26. The van der Waals surface area contributed by atoms with Gasteiger partial charge in [0.1, 0.15) is 5.75 Å². The molecule has 2 rings (SSSR count). The van der Waals surface area contributed by atoms with Gasteiger partial charge in [0, 0.05) is 6.54 Å². The van der Waals surface area contributed by atoms with Crippen molar-refractivity contribution >= 4 is 11.6 Å². The maximum Gasteiger partial charge on any atom is 0.137 e. The Morgan fingerprint density at radius 1 is 1.39 bits per heavy atom. The van der Waals surface area contributed by atoms with Gasteiger partial charge in [-0.3, -0.25) is 4.90 Å². The number of hydrogen-bond acceptors (Lipinski definition) is 3. The minimum atomic E-state index is 0.687. The molecule has 0 unspecified atom stereocenters. The van der Waals surface area contributed by atoms with E-state index in [1.165, 1.54) is 18.4 Å². The van der Waals surface area contributed by atoms with E-state index >= 15 is 0 Å². The summed E-state index contributed by atoms with van der Waals surface area (Å²) in [6.45, 7) is 4.04. The zero-order valence-electron chi connectivity index (χ0n) is 10.9. The van der Waals surface area contributed by atoms with Gasteiger partial charge in [0.2, 0.25) is 0 Å². The molecule has 100 valence electrons. The van der Waals surface area contributed by atoms with E-state index in [0.29, 0.717) is 10.9 Å². The topological polar surface area (TPSA) is 38.5 Å². The predicted octanol–water partition coefficient (Wildman–Crippen LogP) is 2.52. The summed E-state index contributed by atoms with van der Waals surface area (Å²) in [7, 11) is 1.64. The van der Waals surface area contributed by atoms with Crippen LogP contribution in [0, 0.1) is 5.92 Å². The lowest BCUT2D eigenvalue weighted by atomic mass is 9.97. The number of halogens is 1. The van der Waals surface area contributed by atoms with Crippen LogP contribution in [0.1, 0.15) is 18.4 Å². The number of nitrogens with two attached hydrogens (primary N) is 1. The van der Waals surface area contributed by atoms with Crippen molar-refractivity contribution in [3.05, 3.63) is 28.8 Å². The lowest BCUT2D eigenvalue weighted by Gasteiger charge is -2.31. The summed E-state index contributed by atoms with van der Waals surface area (Å²) in [6, 6.07) is 6.01. The fourth-order valence-corrected chi connectivity index (χ4v) is 2.73. The first-order chi connectivity index (χ1) is 8.72. The summed E-state index contributed by atoms with van der Waals surface area (Å²) >= 11 is 6.13. The van der Waals surface area contributed by atoms with Crippen LogP contribution in [0.25, 0.3) is 0 Å². The second kappa shape index (κ2) is 6.41. The molecular formula is C14H21ClN2O. The summed E-state index contributed by atoms with van der Waals surface area (Å²) in [5.41, 5.74) is 6.95. The van der Waals surface area contributed by atoms with Crippen LogP contribution in [-0.4, -0.2) is 31.6 Å². The summed E-state index contributed by atoms with van der Waals surface area (Å²) in [5.74, 6) is 1.45. The highest BCUT2D eigenvalue weighted by Gasteiger charge is 2.18. The zero-order chi connectivity index (χ0) is 13.0. The fourth-order valence-electron chi connectivity index (χ4n) is 2.45. The molecule has 2 N–H and O–H groups in total. The van der Waals surface area contributed by atoms with Crippen LogP contribution >= 0.6 is 11.6 Å². The highest BCUT2D eigenvalue weighted by atomic mass is 35.5. The number of nitrogens with zero attached hydrogens (tertiary/aromatic N) is 1. The normalized spacial score (nSPS) is 17.9. The van der Waals surface area contributed by atoms with Gasteiger partial charge in [0.05, 0.1) is 12.1 Å². The Labute approximate surface area is 114 Å². The second-order valence-corrected chi connectivity index (χ2v) is 5.33. The molecule has 0 atom stereocenters. The maximum absolute atomic E-state index is 6.13. The maximum atomic E-state index is 6.13. The number of likely N-dealkylation sites (tertiary alicyclic amines) is 1.